The summed E-state index contributed by atoms with van der Waals surface area (Å²) in [5.41, 5.74) is 8.93. The average Bonchev–Trinajstić information content (AvgIpc) is 3.15. The number of carbonyl (C=O) groups excluding carboxylic acids is 1. The number of hydrogen-bond donors (Lipinski definition) is 2. The smallest absolute Gasteiger partial charge is 0.273 e. The zero-order valence-corrected chi connectivity index (χ0v) is 18.2. The van der Waals surface area contributed by atoms with Crippen LogP contribution in [-0.2, 0) is 13.0 Å². The summed E-state index contributed by atoms with van der Waals surface area (Å²) in [5, 5.41) is 11.5. The SMILES string of the molecule is COc1cc2c(cc1Nc1nnc(C(N)=O)c(-n3cc(F)c4ccccc43)n1)CN(C)CC2. The summed E-state index contributed by atoms with van der Waals surface area (Å²) in [5.74, 6) is -0.425. The van der Waals surface area contributed by atoms with Crippen LogP contribution in [0, 0.1) is 5.82 Å². The van der Waals surface area contributed by atoms with Crippen LogP contribution < -0.4 is 15.8 Å². The van der Waals surface area contributed by atoms with Gasteiger partial charge in [-0.05, 0) is 48.9 Å². The number of hydrogen-bond acceptors (Lipinski definition) is 7. The molecular weight excluding hydrogens is 425 g/mol. The lowest BCUT2D eigenvalue weighted by molar-refractivity contribution is 0.0994. The zero-order chi connectivity index (χ0) is 23.1. The molecule has 0 fully saturated rings. The topological polar surface area (TPSA) is 111 Å². The van der Waals surface area contributed by atoms with Crippen LogP contribution in [0.25, 0.3) is 16.7 Å². The number of likely N-dealkylation sites (N-methyl/N-ethyl adjacent to an activating group) is 1. The number of rotatable bonds is 5. The molecule has 0 aliphatic carbocycles. The summed E-state index contributed by atoms with van der Waals surface area (Å²) in [4.78, 5) is 18.7. The third-order valence-electron chi connectivity index (χ3n) is 5.76. The number of carbonyl (C=O) groups is 1. The Hall–Kier alpha value is -4.05. The number of halogens is 1. The summed E-state index contributed by atoms with van der Waals surface area (Å²) in [6, 6.07) is 10.9. The first kappa shape index (κ1) is 20.8. The highest BCUT2D eigenvalue weighted by molar-refractivity contribution is 5.95. The minimum atomic E-state index is -0.816. The third-order valence-corrected chi connectivity index (χ3v) is 5.76. The predicted octanol–water partition coefficient (Wildman–Crippen LogP) is 2.79. The van der Waals surface area contributed by atoms with E-state index >= 15 is 0 Å². The molecule has 5 rings (SSSR count). The molecule has 4 aromatic rings. The molecule has 0 saturated carbocycles. The van der Waals surface area contributed by atoms with E-state index in [1.165, 1.54) is 21.9 Å². The normalized spacial score (nSPS) is 13.7. The van der Waals surface area contributed by atoms with Crippen LogP contribution in [0.15, 0.2) is 42.6 Å². The first-order chi connectivity index (χ1) is 15.9. The molecule has 0 bridgehead atoms. The second-order valence-electron chi connectivity index (χ2n) is 7.97. The molecule has 0 spiro atoms. The van der Waals surface area contributed by atoms with E-state index in [1.807, 2.05) is 12.1 Å². The number of methoxy groups -OCH3 is 1. The monoisotopic (exact) mass is 447 g/mol. The van der Waals surface area contributed by atoms with Gasteiger partial charge in [0.15, 0.2) is 11.5 Å². The van der Waals surface area contributed by atoms with E-state index in [0.717, 1.165) is 19.5 Å². The molecule has 168 valence electrons. The number of aromatic nitrogens is 4. The molecule has 9 nitrogen and oxygen atoms in total. The Bertz CT molecular complexity index is 1380. The summed E-state index contributed by atoms with van der Waals surface area (Å²) < 4.78 is 21.5. The minimum absolute atomic E-state index is 0.0803. The lowest BCUT2D eigenvalue weighted by atomic mass is 9.99. The molecule has 1 amide bonds. The number of benzene rings is 2. The zero-order valence-electron chi connectivity index (χ0n) is 18.2. The van der Waals surface area contributed by atoms with Gasteiger partial charge in [-0.2, -0.15) is 4.98 Å². The lowest BCUT2D eigenvalue weighted by Crippen LogP contribution is -2.26. The van der Waals surface area contributed by atoms with Crippen LogP contribution in [0.2, 0.25) is 0 Å². The number of primary amides is 1. The quantitative estimate of drug-likeness (QED) is 0.484. The van der Waals surface area contributed by atoms with Gasteiger partial charge in [-0.3, -0.25) is 9.36 Å². The summed E-state index contributed by atoms with van der Waals surface area (Å²) in [6.45, 7) is 1.79. The van der Waals surface area contributed by atoms with Gasteiger partial charge in [0.05, 0.1) is 18.3 Å². The number of nitrogens with one attached hydrogen (secondary N) is 1. The van der Waals surface area contributed by atoms with Crippen molar-refractivity contribution in [3.05, 3.63) is 65.2 Å². The van der Waals surface area contributed by atoms with E-state index in [0.29, 0.717) is 22.3 Å². The standard InChI is InChI=1S/C23H22FN7O2/c1-30-8-7-13-10-19(33-2)17(9-14(13)11-30)26-23-27-22(20(21(25)32)28-29-23)31-12-16(24)15-5-3-4-6-18(15)31/h3-6,9-10,12H,7-8,11H2,1-2H3,(H2,25,32)(H,26,27,29). The number of fused-ring (bicyclic) bond motifs is 2. The van der Waals surface area contributed by atoms with Gasteiger partial charge in [0, 0.05) is 24.7 Å². The van der Waals surface area contributed by atoms with Crippen molar-refractivity contribution in [1.29, 1.82) is 0 Å². The van der Waals surface area contributed by atoms with Crippen molar-refractivity contribution < 1.29 is 13.9 Å². The van der Waals surface area contributed by atoms with Gasteiger partial charge in [-0.15, -0.1) is 10.2 Å². The van der Waals surface area contributed by atoms with Gasteiger partial charge < -0.3 is 20.7 Å². The van der Waals surface area contributed by atoms with E-state index in [9.17, 15) is 9.18 Å². The highest BCUT2D eigenvalue weighted by atomic mass is 19.1. The van der Waals surface area contributed by atoms with Crippen molar-refractivity contribution in [1.82, 2.24) is 24.6 Å². The number of para-hydroxylation sites is 1. The molecule has 3 heterocycles. The Balaban J connectivity index is 1.60. The summed E-state index contributed by atoms with van der Waals surface area (Å²) in [6.07, 6.45) is 2.18. The molecule has 0 unspecified atom stereocenters. The number of nitrogens with two attached hydrogens (primary N) is 1. The van der Waals surface area contributed by atoms with Crippen LogP contribution in [0.1, 0.15) is 21.6 Å². The Labute approximate surface area is 189 Å². The van der Waals surface area contributed by atoms with Crippen LogP contribution in [0.4, 0.5) is 16.0 Å². The van der Waals surface area contributed by atoms with Crippen molar-refractivity contribution in [3.8, 4) is 11.6 Å². The molecule has 10 heteroatoms. The minimum Gasteiger partial charge on any atom is -0.495 e. The fourth-order valence-corrected chi connectivity index (χ4v) is 4.13. The molecule has 0 atom stereocenters. The van der Waals surface area contributed by atoms with Gasteiger partial charge >= 0.3 is 0 Å². The first-order valence-corrected chi connectivity index (χ1v) is 10.4. The number of nitrogens with zero attached hydrogens (tertiary/aromatic N) is 5. The molecule has 1 aliphatic rings. The Morgan fingerprint density at radius 2 is 2.03 bits per heavy atom. The van der Waals surface area contributed by atoms with Crippen molar-refractivity contribution >= 4 is 28.4 Å². The average molecular weight is 447 g/mol. The van der Waals surface area contributed by atoms with Crippen molar-refractivity contribution in [3.63, 3.8) is 0 Å². The lowest BCUT2D eigenvalue weighted by Gasteiger charge is -2.26. The van der Waals surface area contributed by atoms with Gasteiger partial charge in [-0.25, -0.2) is 4.39 Å². The third kappa shape index (κ3) is 3.74. The maximum atomic E-state index is 14.5. The number of amides is 1. The largest absolute Gasteiger partial charge is 0.495 e. The van der Waals surface area contributed by atoms with Crippen molar-refractivity contribution in [2.45, 2.75) is 13.0 Å². The highest BCUT2D eigenvalue weighted by Crippen LogP contribution is 2.33. The van der Waals surface area contributed by atoms with Gasteiger partial charge in [0.1, 0.15) is 11.6 Å². The molecule has 1 aliphatic heterocycles. The van der Waals surface area contributed by atoms with Crippen LogP contribution in [0.5, 0.6) is 5.75 Å². The second kappa shape index (κ2) is 8.14. The maximum Gasteiger partial charge on any atom is 0.273 e. The van der Waals surface area contributed by atoms with Crippen molar-refractivity contribution in [2.75, 3.05) is 26.0 Å². The van der Waals surface area contributed by atoms with Gasteiger partial charge in [0.25, 0.3) is 5.91 Å². The van der Waals surface area contributed by atoms with E-state index in [1.54, 1.807) is 31.4 Å². The van der Waals surface area contributed by atoms with Gasteiger partial charge in [-0.1, -0.05) is 12.1 Å². The van der Waals surface area contributed by atoms with E-state index < -0.39 is 11.7 Å². The summed E-state index contributed by atoms with van der Waals surface area (Å²) in [7, 11) is 3.67. The molecule has 3 N–H and O–H groups in total. The molecule has 33 heavy (non-hydrogen) atoms. The molecule has 2 aromatic heterocycles. The van der Waals surface area contributed by atoms with E-state index in [-0.39, 0.29) is 17.5 Å². The van der Waals surface area contributed by atoms with Gasteiger partial charge in [0.2, 0.25) is 5.95 Å². The van der Waals surface area contributed by atoms with Crippen LogP contribution in [0.3, 0.4) is 0 Å². The number of ether oxygens (including phenoxy) is 1. The maximum absolute atomic E-state index is 14.5. The van der Waals surface area contributed by atoms with Crippen LogP contribution in [-0.4, -0.2) is 51.3 Å². The second-order valence-corrected chi connectivity index (χ2v) is 7.97. The Morgan fingerprint density at radius 1 is 1.21 bits per heavy atom. The molecule has 0 saturated heterocycles. The summed E-state index contributed by atoms with van der Waals surface area (Å²) >= 11 is 0. The molecule has 0 radical (unpaired) electrons. The Kier molecular flexibility index (Phi) is 5.14. The predicted molar refractivity (Wildman–Crippen MR) is 121 cm³/mol. The highest BCUT2D eigenvalue weighted by Gasteiger charge is 2.21. The molecule has 2 aromatic carbocycles. The Morgan fingerprint density at radius 3 is 2.82 bits per heavy atom. The van der Waals surface area contributed by atoms with Crippen LogP contribution >= 0.6 is 0 Å². The van der Waals surface area contributed by atoms with E-state index in [4.69, 9.17) is 10.5 Å². The fraction of sp³-hybridized carbons (Fsp3) is 0.217. The molecular formula is C23H22FN7O2. The first-order valence-electron chi connectivity index (χ1n) is 10.4. The fourth-order valence-electron chi connectivity index (χ4n) is 4.13. The van der Waals surface area contributed by atoms with E-state index in [2.05, 4.69) is 32.4 Å². The van der Waals surface area contributed by atoms with Crippen molar-refractivity contribution in [2.24, 2.45) is 5.73 Å². The number of anilines is 2.